The Morgan fingerprint density at radius 2 is 2.14 bits per heavy atom. The summed E-state index contributed by atoms with van der Waals surface area (Å²) in [6.45, 7) is 5.76. The zero-order chi connectivity index (χ0) is 14.7. The van der Waals surface area contributed by atoms with Crippen LogP contribution in [0.3, 0.4) is 0 Å². The Bertz CT molecular complexity index is 512. The van der Waals surface area contributed by atoms with E-state index >= 15 is 0 Å². The molecule has 1 heterocycles. The van der Waals surface area contributed by atoms with Crippen molar-refractivity contribution in [1.82, 2.24) is 0 Å². The number of anilines is 1. The molecule has 1 aliphatic heterocycles. The highest BCUT2D eigenvalue weighted by Crippen LogP contribution is 2.24. The third-order valence-corrected chi connectivity index (χ3v) is 4.95. The second kappa shape index (κ2) is 6.61. The molecule has 0 radical (unpaired) electrons. The van der Waals surface area contributed by atoms with Crippen LogP contribution in [0.25, 0.3) is 0 Å². The topological polar surface area (TPSA) is 33.5 Å². The molecule has 1 aromatic rings. The number of hydrogen-bond acceptors (Lipinski definition) is 1. The number of aryl methyl sites for hydroxylation is 2. The molecule has 0 spiro atoms. The van der Waals surface area contributed by atoms with Crippen LogP contribution in [0.2, 0.25) is 0 Å². The Morgan fingerprint density at radius 1 is 1.29 bits per heavy atom. The van der Waals surface area contributed by atoms with Crippen LogP contribution in [0.1, 0.15) is 43.7 Å². The summed E-state index contributed by atoms with van der Waals surface area (Å²) in [6.07, 6.45) is 6.91. The summed E-state index contributed by atoms with van der Waals surface area (Å²) in [5.74, 6) is 0.979. The van der Waals surface area contributed by atoms with E-state index in [0.29, 0.717) is 6.42 Å². The largest absolute Gasteiger partial charge is 0.334 e. The van der Waals surface area contributed by atoms with Crippen molar-refractivity contribution in [2.45, 2.75) is 45.4 Å². The highest BCUT2D eigenvalue weighted by Gasteiger charge is 2.20. The Kier molecular flexibility index (Phi) is 4.59. The summed E-state index contributed by atoms with van der Waals surface area (Å²) < 4.78 is 0. The standard InChI is InChI=1S/C18H26N2O/c1-14-4-3-10-20(13-14)11-9-18(21)19-17-8-7-15-5-2-6-16(15)12-17/h7-8,12,14H,2-6,9-11,13H2,1H3,(H,19,21)/p+1/t14-/m0/s1. The SMILES string of the molecule is C[C@H]1CCC[NH+](CCC(=O)Nc2ccc3c(c2)CCC3)C1. The van der Waals surface area contributed by atoms with Gasteiger partial charge in [0.2, 0.25) is 5.91 Å². The van der Waals surface area contributed by atoms with Crippen molar-refractivity contribution in [2.75, 3.05) is 25.0 Å². The fourth-order valence-corrected chi connectivity index (χ4v) is 3.79. The predicted molar refractivity (Wildman–Crippen MR) is 85.7 cm³/mol. The first-order valence-electron chi connectivity index (χ1n) is 8.46. The lowest BCUT2D eigenvalue weighted by Crippen LogP contribution is -3.13. The minimum atomic E-state index is 0.165. The van der Waals surface area contributed by atoms with E-state index in [0.717, 1.165) is 24.6 Å². The van der Waals surface area contributed by atoms with Gasteiger partial charge in [-0.25, -0.2) is 0 Å². The molecule has 1 unspecified atom stereocenters. The minimum Gasteiger partial charge on any atom is -0.334 e. The van der Waals surface area contributed by atoms with Crippen LogP contribution in [0.4, 0.5) is 5.69 Å². The Morgan fingerprint density at radius 3 is 3.00 bits per heavy atom. The van der Waals surface area contributed by atoms with Gasteiger partial charge in [-0.2, -0.15) is 0 Å². The molecule has 0 saturated carbocycles. The Balaban J connectivity index is 1.48. The van der Waals surface area contributed by atoms with Crippen molar-refractivity contribution in [3.8, 4) is 0 Å². The molecule has 3 nitrogen and oxygen atoms in total. The van der Waals surface area contributed by atoms with Gasteiger partial charge < -0.3 is 10.2 Å². The monoisotopic (exact) mass is 287 g/mol. The maximum absolute atomic E-state index is 12.1. The average molecular weight is 287 g/mol. The van der Waals surface area contributed by atoms with Crippen molar-refractivity contribution in [3.05, 3.63) is 29.3 Å². The molecule has 21 heavy (non-hydrogen) atoms. The van der Waals surface area contributed by atoms with Crippen molar-refractivity contribution < 1.29 is 9.69 Å². The van der Waals surface area contributed by atoms with Gasteiger partial charge in [-0.05, 0) is 55.4 Å². The number of carbonyl (C=O) groups excluding carboxylic acids is 1. The molecule has 114 valence electrons. The fraction of sp³-hybridized carbons (Fsp3) is 0.611. The van der Waals surface area contributed by atoms with E-state index in [1.54, 1.807) is 4.90 Å². The Labute approximate surface area is 127 Å². The van der Waals surface area contributed by atoms with Gasteiger partial charge in [-0.1, -0.05) is 13.0 Å². The van der Waals surface area contributed by atoms with Gasteiger partial charge >= 0.3 is 0 Å². The van der Waals surface area contributed by atoms with Crippen molar-refractivity contribution in [2.24, 2.45) is 5.92 Å². The molecule has 1 amide bonds. The summed E-state index contributed by atoms with van der Waals surface area (Å²) in [5, 5.41) is 3.07. The lowest BCUT2D eigenvalue weighted by molar-refractivity contribution is -0.907. The highest BCUT2D eigenvalue weighted by atomic mass is 16.1. The van der Waals surface area contributed by atoms with Crippen LogP contribution in [0, 0.1) is 5.92 Å². The van der Waals surface area contributed by atoms with Crippen molar-refractivity contribution in [1.29, 1.82) is 0 Å². The molecule has 1 fully saturated rings. The lowest BCUT2D eigenvalue weighted by Gasteiger charge is -2.27. The molecular formula is C18H27N2O+. The number of nitrogens with one attached hydrogen (secondary N) is 2. The molecule has 0 bridgehead atoms. The molecular weight excluding hydrogens is 260 g/mol. The molecule has 1 saturated heterocycles. The fourth-order valence-electron chi connectivity index (χ4n) is 3.79. The number of piperidine rings is 1. The zero-order valence-electron chi connectivity index (χ0n) is 13.1. The van der Waals surface area contributed by atoms with Gasteiger partial charge in [0.1, 0.15) is 0 Å². The summed E-state index contributed by atoms with van der Waals surface area (Å²) >= 11 is 0. The first-order chi connectivity index (χ1) is 10.2. The van der Waals surface area contributed by atoms with Crippen LogP contribution in [0.5, 0.6) is 0 Å². The van der Waals surface area contributed by atoms with Crippen LogP contribution < -0.4 is 10.2 Å². The van der Waals surface area contributed by atoms with Crippen LogP contribution in [-0.4, -0.2) is 25.5 Å². The first kappa shape index (κ1) is 14.6. The number of amides is 1. The maximum atomic E-state index is 12.1. The molecule has 2 N–H and O–H groups in total. The number of rotatable bonds is 4. The van der Waals surface area contributed by atoms with Gasteiger partial charge in [0.05, 0.1) is 26.1 Å². The summed E-state index contributed by atoms with van der Waals surface area (Å²) in [5.41, 5.74) is 3.85. The molecule has 1 aromatic carbocycles. The molecule has 0 aromatic heterocycles. The summed E-state index contributed by atoms with van der Waals surface area (Å²) in [6, 6.07) is 6.39. The lowest BCUT2D eigenvalue weighted by atomic mass is 10.0. The number of fused-ring (bicyclic) bond motifs is 1. The van der Waals surface area contributed by atoms with Gasteiger partial charge in [-0.15, -0.1) is 0 Å². The number of hydrogen-bond donors (Lipinski definition) is 2. The zero-order valence-corrected chi connectivity index (χ0v) is 13.1. The molecule has 1 aliphatic carbocycles. The highest BCUT2D eigenvalue weighted by molar-refractivity contribution is 5.90. The number of benzene rings is 1. The van der Waals surface area contributed by atoms with Gasteiger partial charge in [-0.3, -0.25) is 4.79 Å². The number of likely N-dealkylation sites (tertiary alicyclic amines) is 1. The van der Waals surface area contributed by atoms with Gasteiger partial charge in [0, 0.05) is 11.6 Å². The average Bonchev–Trinajstić information content (AvgIpc) is 2.93. The van der Waals surface area contributed by atoms with Crippen molar-refractivity contribution in [3.63, 3.8) is 0 Å². The van der Waals surface area contributed by atoms with E-state index < -0.39 is 0 Å². The predicted octanol–water partition coefficient (Wildman–Crippen LogP) is 1.82. The van der Waals surface area contributed by atoms with E-state index in [2.05, 4.69) is 30.4 Å². The molecule has 3 rings (SSSR count). The minimum absolute atomic E-state index is 0.165. The Hall–Kier alpha value is -1.35. The summed E-state index contributed by atoms with van der Waals surface area (Å²) in [4.78, 5) is 13.7. The van der Waals surface area contributed by atoms with E-state index in [1.807, 2.05) is 0 Å². The van der Waals surface area contributed by atoms with E-state index in [-0.39, 0.29) is 5.91 Å². The molecule has 2 aliphatic rings. The van der Waals surface area contributed by atoms with Crippen LogP contribution >= 0.6 is 0 Å². The maximum Gasteiger partial charge on any atom is 0.230 e. The third-order valence-electron chi connectivity index (χ3n) is 4.95. The van der Waals surface area contributed by atoms with Crippen molar-refractivity contribution >= 4 is 11.6 Å². The number of quaternary nitrogens is 1. The quantitative estimate of drug-likeness (QED) is 0.870. The normalized spacial score (nSPS) is 24.6. The van der Waals surface area contributed by atoms with E-state index in [1.165, 1.54) is 49.9 Å². The second-order valence-corrected chi connectivity index (χ2v) is 6.84. The molecule has 3 heteroatoms. The third kappa shape index (κ3) is 3.85. The van der Waals surface area contributed by atoms with Crippen LogP contribution in [0.15, 0.2) is 18.2 Å². The van der Waals surface area contributed by atoms with Gasteiger partial charge in [0.15, 0.2) is 0 Å². The molecule has 2 atom stereocenters. The van der Waals surface area contributed by atoms with E-state index in [9.17, 15) is 4.79 Å². The second-order valence-electron chi connectivity index (χ2n) is 6.84. The summed E-state index contributed by atoms with van der Waals surface area (Å²) in [7, 11) is 0. The van der Waals surface area contributed by atoms with Crippen LogP contribution in [-0.2, 0) is 17.6 Å². The van der Waals surface area contributed by atoms with Gasteiger partial charge in [0.25, 0.3) is 0 Å². The van der Waals surface area contributed by atoms with E-state index in [4.69, 9.17) is 0 Å². The first-order valence-corrected chi connectivity index (χ1v) is 8.46. The smallest absolute Gasteiger partial charge is 0.230 e. The number of carbonyl (C=O) groups is 1.